The molecule has 15 heteroatoms. The van der Waals surface area contributed by atoms with Crippen LogP contribution in [-0.4, -0.2) is 70.3 Å². The lowest BCUT2D eigenvalue weighted by molar-refractivity contribution is -0.123. The molecule has 4 aromatic rings. The van der Waals surface area contributed by atoms with Gasteiger partial charge in [-0.05, 0) is 60.5 Å². The zero-order chi connectivity index (χ0) is 30.6. The normalized spacial score (nSPS) is 15.2. The molecule has 1 fully saturated rings. The van der Waals surface area contributed by atoms with Crippen LogP contribution >= 0.6 is 11.6 Å². The molecule has 1 aliphatic rings. The van der Waals surface area contributed by atoms with Crippen LogP contribution in [0.2, 0.25) is 5.02 Å². The van der Waals surface area contributed by atoms with Crippen molar-refractivity contribution in [2.45, 2.75) is 22.3 Å². The number of halogens is 1. The van der Waals surface area contributed by atoms with E-state index in [9.17, 15) is 26.4 Å². The van der Waals surface area contributed by atoms with Gasteiger partial charge in [0.15, 0.2) is 0 Å². The van der Waals surface area contributed by atoms with Gasteiger partial charge in [0.2, 0.25) is 20.0 Å². The Morgan fingerprint density at radius 2 is 1.63 bits per heavy atom. The number of nitrogens with zero attached hydrogens (tertiary/aromatic N) is 1. The number of para-hydroxylation sites is 1. The first kappa shape index (κ1) is 30.7. The number of carbonyl (C=O) groups is 2. The van der Waals surface area contributed by atoms with Crippen molar-refractivity contribution in [2.75, 3.05) is 26.3 Å². The van der Waals surface area contributed by atoms with Crippen LogP contribution in [0.3, 0.4) is 0 Å². The number of sulfonamides is 2. The van der Waals surface area contributed by atoms with E-state index in [1.807, 2.05) is 24.3 Å². The minimum absolute atomic E-state index is 0.0236. The Bertz CT molecular complexity index is 1860. The average molecular weight is 646 g/mol. The second-order valence-electron chi connectivity index (χ2n) is 9.68. The summed E-state index contributed by atoms with van der Waals surface area (Å²) in [6.45, 7) is 0.928. The number of amides is 2. The van der Waals surface area contributed by atoms with Gasteiger partial charge < -0.3 is 9.72 Å². The number of rotatable bonds is 9. The zero-order valence-electron chi connectivity index (χ0n) is 22.6. The van der Waals surface area contributed by atoms with E-state index in [1.54, 1.807) is 6.20 Å². The van der Waals surface area contributed by atoms with Gasteiger partial charge in [0.1, 0.15) is 6.04 Å². The maximum Gasteiger partial charge on any atom is 0.269 e. The van der Waals surface area contributed by atoms with Crippen molar-refractivity contribution < 1.29 is 31.2 Å². The predicted molar refractivity (Wildman–Crippen MR) is 159 cm³/mol. The minimum Gasteiger partial charge on any atom is -0.379 e. The van der Waals surface area contributed by atoms with Crippen molar-refractivity contribution in [3.8, 4) is 0 Å². The van der Waals surface area contributed by atoms with Crippen LogP contribution in [0.25, 0.3) is 10.9 Å². The van der Waals surface area contributed by atoms with Gasteiger partial charge in [-0.1, -0.05) is 35.9 Å². The van der Waals surface area contributed by atoms with E-state index in [0.717, 1.165) is 10.9 Å². The van der Waals surface area contributed by atoms with Gasteiger partial charge >= 0.3 is 0 Å². The summed E-state index contributed by atoms with van der Waals surface area (Å²) in [7, 11) is -8.04. The Morgan fingerprint density at radius 1 is 0.907 bits per heavy atom. The number of ether oxygens (including phenoxy) is 1. The Morgan fingerprint density at radius 3 is 2.37 bits per heavy atom. The monoisotopic (exact) mass is 645 g/mol. The molecule has 2 amide bonds. The van der Waals surface area contributed by atoms with E-state index in [-0.39, 0.29) is 48.1 Å². The Kier molecular flexibility index (Phi) is 9.15. The maximum absolute atomic E-state index is 13.3. The van der Waals surface area contributed by atoms with Crippen LogP contribution in [0, 0.1) is 0 Å². The average Bonchev–Trinajstić information content (AvgIpc) is 3.42. The predicted octanol–water partition coefficient (Wildman–Crippen LogP) is 2.19. The molecular formula is C28H28ClN5O7S2. The summed E-state index contributed by atoms with van der Waals surface area (Å²) in [6, 6.07) is 16.9. The van der Waals surface area contributed by atoms with Gasteiger partial charge in [-0.15, -0.1) is 0 Å². The molecule has 0 aliphatic carbocycles. The molecule has 0 unspecified atom stereocenters. The van der Waals surface area contributed by atoms with Gasteiger partial charge in [0.05, 0.1) is 23.0 Å². The molecule has 2 heterocycles. The number of morpholine rings is 1. The summed E-state index contributed by atoms with van der Waals surface area (Å²) in [6.07, 6.45) is 1.63. The SMILES string of the molecule is O=C(NNC(=O)[C@H](Cc1c[nH]c2ccccc12)NS(=O)(=O)c1ccc(Cl)cc1)c1cccc(S(=O)(=O)N2CCOCC2)c1. The molecule has 226 valence electrons. The molecular weight excluding hydrogens is 618 g/mol. The summed E-state index contributed by atoms with van der Waals surface area (Å²) < 4.78 is 61.3. The van der Waals surface area contributed by atoms with Crippen molar-refractivity contribution in [2.24, 2.45) is 0 Å². The summed E-state index contributed by atoms with van der Waals surface area (Å²) in [5, 5.41) is 1.14. The molecule has 1 saturated heterocycles. The third-order valence-corrected chi connectivity index (χ3v) is 10.5. The molecule has 0 saturated carbocycles. The molecule has 0 bridgehead atoms. The first-order valence-corrected chi connectivity index (χ1v) is 16.5. The van der Waals surface area contributed by atoms with Crippen LogP contribution in [0.1, 0.15) is 15.9 Å². The number of H-pyrrole nitrogens is 1. The van der Waals surface area contributed by atoms with Crippen LogP contribution in [0.5, 0.6) is 0 Å². The van der Waals surface area contributed by atoms with Crippen molar-refractivity contribution in [3.05, 3.63) is 95.1 Å². The molecule has 4 N–H and O–H groups in total. The fraction of sp³-hybridized carbons (Fsp3) is 0.214. The standard InChI is InChI=1S/C28H28ClN5O7S2/c29-21-8-10-22(11-9-21)42(37,38)33-26(17-20-18-30-25-7-2-1-6-24(20)25)28(36)32-31-27(35)19-4-3-5-23(16-19)43(39,40)34-12-14-41-15-13-34/h1-11,16,18,26,30,33H,12-15,17H2,(H,31,35)(H,32,36)/t26-/m0/s1. The summed E-state index contributed by atoms with van der Waals surface area (Å²) in [5.41, 5.74) is 5.98. The number of nitrogens with one attached hydrogen (secondary N) is 4. The van der Waals surface area contributed by atoms with E-state index >= 15 is 0 Å². The number of hydrogen-bond acceptors (Lipinski definition) is 7. The Balaban J connectivity index is 1.34. The number of aromatic nitrogens is 1. The Hall–Kier alpha value is -3.79. The number of carbonyl (C=O) groups excluding carboxylic acids is 2. The third kappa shape index (κ3) is 7.06. The van der Waals surface area contributed by atoms with Crippen LogP contribution in [-0.2, 0) is 36.0 Å². The van der Waals surface area contributed by atoms with Gasteiger partial charge in [0, 0.05) is 40.8 Å². The first-order valence-electron chi connectivity index (χ1n) is 13.2. The molecule has 0 spiro atoms. The van der Waals surface area contributed by atoms with E-state index < -0.39 is 37.9 Å². The summed E-state index contributed by atoms with van der Waals surface area (Å²) in [5.74, 6) is -1.63. The second kappa shape index (κ2) is 12.8. The number of aromatic amines is 1. The number of hydrogen-bond donors (Lipinski definition) is 4. The zero-order valence-corrected chi connectivity index (χ0v) is 25.0. The summed E-state index contributed by atoms with van der Waals surface area (Å²) >= 11 is 5.90. The lowest BCUT2D eigenvalue weighted by atomic mass is 10.1. The molecule has 1 aromatic heterocycles. The molecule has 1 atom stereocenters. The van der Waals surface area contributed by atoms with Crippen molar-refractivity contribution in [3.63, 3.8) is 0 Å². The van der Waals surface area contributed by atoms with Crippen molar-refractivity contribution >= 4 is 54.4 Å². The van der Waals surface area contributed by atoms with Crippen LogP contribution in [0.15, 0.2) is 88.8 Å². The van der Waals surface area contributed by atoms with Gasteiger partial charge in [-0.3, -0.25) is 20.4 Å². The quantitative estimate of drug-likeness (QED) is 0.202. The molecule has 0 radical (unpaired) electrons. The van der Waals surface area contributed by atoms with Gasteiger partial charge in [-0.25, -0.2) is 16.8 Å². The van der Waals surface area contributed by atoms with E-state index in [1.165, 1.54) is 52.8 Å². The van der Waals surface area contributed by atoms with Crippen LogP contribution < -0.4 is 15.6 Å². The first-order chi connectivity index (χ1) is 20.5. The van der Waals surface area contributed by atoms with Crippen molar-refractivity contribution in [1.82, 2.24) is 24.9 Å². The lowest BCUT2D eigenvalue weighted by Gasteiger charge is -2.26. The number of fused-ring (bicyclic) bond motifs is 1. The van der Waals surface area contributed by atoms with Gasteiger partial charge in [0.25, 0.3) is 11.8 Å². The second-order valence-corrected chi connectivity index (χ2v) is 13.8. The fourth-order valence-corrected chi connectivity index (χ4v) is 7.36. The Labute approximate surface area is 253 Å². The molecule has 12 nitrogen and oxygen atoms in total. The van der Waals surface area contributed by atoms with E-state index in [4.69, 9.17) is 16.3 Å². The van der Waals surface area contributed by atoms with E-state index in [2.05, 4.69) is 20.6 Å². The van der Waals surface area contributed by atoms with Crippen LogP contribution in [0.4, 0.5) is 0 Å². The maximum atomic E-state index is 13.3. The fourth-order valence-electron chi connectivity index (χ4n) is 4.59. The third-order valence-electron chi connectivity index (χ3n) is 6.84. The largest absolute Gasteiger partial charge is 0.379 e. The topological polar surface area (TPSA) is 167 Å². The highest BCUT2D eigenvalue weighted by Crippen LogP contribution is 2.21. The number of benzene rings is 3. The molecule has 5 rings (SSSR count). The highest BCUT2D eigenvalue weighted by molar-refractivity contribution is 7.89. The lowest BCUT2D eigenvalue weighted by Crippen LogP contribution is -2.53. The molecule has 3 aromatic carbocycles. The van der Waals surface area contributed by atoms with E-state index in [0.29, 0.717) is 10.6 Å². The van der Waals surface area contributed by atoms with Crippen molar-refractivity contribution in [1.29, 1.82) is 0 Å². The molecule has 43 heavy (non-hydrogen) atoms. The van der Waals surface area contributed by atoms with Gasteiger partial charge in [-0.2, -0.15) is 9.03 Å². The summed E-state index contributed by atoms with van der Waals surface area (Å²) in [4.78, 5) is 29.2. The minimum atomic E-state index is -4.17. The molecule has 1 aliphatic heterocycles. The highest BCUT2D eigenvalue weighted by Gasteiger charge is 2.29. The smallest absolute Gasteiger partial charge is 0.269 e. The number of hydrazine groups is 1. The highest BCUT2D eigenvalue weighted by atomic mass is 35.5.